The highest BCUT2D eigenvalue weighted by molar-refractivity contribution is 7.99. The topological polar surface area (TPSA) is 46.2 Å². The quantitative estimate of drug-likeness (QED) is 0.738. The number of hydrogen-bond donors (Lipinski definition) is 2. The number of rotatable bonds is 6. The highest BCUT2D eigenvalue weighted by atomic mass is 32.2. The van der Waals surface area contributed by atoms with E-state index in [1.807, 2.05) is 13.8 Å². The zero-order chi connectivity index (χ0) is 11.3. The molecule has 15 heavy (non-hydrogen) atoms. The molecule has 1 aliphatic carbocycles. The van der Waals surface area contributed by atoms with Crippen molar-refractivity contribution >= 4 is 11.8 Å². The van der Waals surface area contributed by atoms with E-state index in [2.05, 4.69) is 0 Å². The summed E-state index contributed by atoms with van der Waals surface area (Å²) in [4.78, 5) is 0. The lowest BCUT2D eigenvalue weighted by Gasteiger charge is -2.20. The second kappa shape index (κ2) is 6.12. The van der Waals surface area contributed by atoms with Gasteiger partial charge in [-0.2, -0.15) is 11.8 Å². The van der Waals surface area contributed by atoms with Crippen LogP contribution in [0.3, 0.4) is 0 Å². The van der Waals surface area contributed by atoms with Crippen LogP contribution in [0.4, 0.5) is 0 Å². The van der Waals surface area contributed by atoms with Gasteiger partial charge in [0.25, 0.3) is 0 Å². The first kappa shape index (κ1) is 13.3. The van der Waals surface area contributed by atoms with Gasteiger partial charge in [-0.1, -0.05) is 25.7 Å². The molecule has 1 saturated carbocycles. The van der Waals surface area contributed by atoms with E-state index >= 15 is 0 Å². The van der Waals surface area contributed by atoms with E-state index in [1.54, 1.807) is 11.8 Å². The summed E-state index contributed by atoms with van der Waals surface area (Å²) >= 11 is 1.78. The van der Waals surface area contributed by atoms with Gasteiger partial charge >= 0.3 is 0 Å². The molecule has 0 aromatic rings. The second-order valence-electron chi connectivity index (χ2n) is 5.54. The number of aliphatic hydroxyl groups excluding tert-OH is 1. The van der Waals surface area contributed by atoms with Crippen LogP contribution >= 0.6 is 11.8 Å². The zero-order valence-electron chi connectivity index (χ0n) is 10.0. The third-order valence-electron chi connectivity index (χ3n) is 2.86. The molecule has 0 bridgehead atoms. The molecule has 1 fully saturated rings. The van der Waals surface area contributed by atoms with Gasteiger partial charge in [-0.15, -0.1) is 0 Å². The van der Waals surface area contributed by atoms with Crippen LogP contribution in [-0.2, 0) is 0 Å². The largest absolute Gasteiger partial charge is 0.392 e. The van der Waals surface area contributed by atoms with Crippen molar-refractivity contribution in [2.24, 2.45) is 11.7 Å². The van der Waals surface area contributed by atoms with Crippen molar-refractivity contribution in [2.45, 2.75) is 57.6 Å². The van der Waals surface area contributed by atoms with Gasteiger partial charge in [0.2, 0.25) is 0 Å². The minimum Gasteiger partial charge on any atom is -0.392 e. The fraction of sp³-hybridized carbons (Fsp3) is 1.00. The molecule has 2 nitrogen and oxygen atoms in total. The molecule has 0 heterocycles. The van der Waals surface area contributed by atoms with Crippen LogP contribution in [0.5, 0.6) is 0 Å². The van der Waals surface area contributed by atoms with Crippen molar-refractivity contribution in [3.63, 3.8) is 0 Å². The highest BCUT2D eigenvalue weighted by Gasteiger charge is 2.19. The first-order valence-corrected chi connectivity index (χ1v) is 7.17. The summed E-state index contributed by atoms with van der Waals surface area (Å²) in [6, 6.07) is 0. The van der Waals surface area contributed by atoms with Crippen LogP contribution in [0, 0.1) is 5.92 Å². The molecule has 90 valence electrons. The summed E-state index contributed by atoms with van der Waals surface area (Å²) in [6.45, 7) is 4.06. The summed E-state index contributed by atoms with van der Waals surface area (Å²) in [5, 5.41) is 9.84. The summed E-state index contributed by atoms with van der Waals surface area (Å²) in [5.41, 5.74) is 5.77. The predicted molar refractivity (Wildman–Crippen MR) is 68.2 cm³/mol. The first-order valence-electron chi connectivity index (χ1n) is 6.02. The van der Waals surface area contributed by atoms with E-state index in [0.717, 1.165) is 23.8 Å². The van der Waals surface area contributed by atoms with E-state index in [1.165, 1.54) is 25.7 Å². The summed E-state index contributed by atoms with van der Waals surface area (Å²) in [5.74, 6) is 2.55. The second-order valence-corrected chi connectivity index (χ2v) is 6.57. The van der Waals surface area contributed by atoms with Crippen molar-refractivity contribution in [3.8, 4) is 0 Å². The molecule has 1 unspecified atom stereocenters. The van der Waals surface area contributed by atoms with Gasteiger partial charge in [0.05, 0.1) is 6.10 Å². The molecule has 0 amide bonds. The van der Waals surface area contributed by atoms with Crippen LogP contribution in [0.25, 0.3) is 0 Å². The summed E-state index contributed by atoms with van der Waals surface area (Å²) in [6.07, 6.45) is 6.24. The Hall–Kier alpha value is 0.270. The molecular formula is C12H25NOS. The number of thioether (sulfide) groups is 1. The summed E-state index contributed by atoms with van der Waals surface area (Å²) in [7, 11) is 0. The smallest absolute Gasteiger partial charge is 0.0633 e. The van der Waals surface area contributed by atoms with Gasteiger partial charge in [-0.3, -0.25) is 0 Å². The van der Waals surface area contributed by atoms with Gasteiger partial charge in [0.15, 0.2) is 0 Å². The maximum Gasteiger partial charge on any atom is 0.0633 e. The Morgan fingerprint density at radius 3 is 2.53 bits per heavy atom. The van der Waals surface area contributed by atoms with E-state index in [0.29, 0.717) is 0 Å². The lowest BCUT2D eigenvalue weighted by atomic mass is 10.0. The predicted octanol–water partition coefficient (Wildman–Crippen LogP) is 2.40. The third-order valence-corrected chi connectivity index (χ3v) is 4.43. The summed E-state index contributed by atoms with van der Waals surface area (Å²) < 4.78 is 0. The Balaban J connectivity index is 2.05. The number of aliphatic hydroxyl groups is 1. The average molecular weight is 231 g/mol. The maximum absolute atomic E-state index is 9.84. The molecule has 0 saturated heterocycles. The average Bonchev–Trinajstić information content (AvgIpc) is 2.54. The van der Waals surface area contributed by atoms with Crippen LogP contribution in [-0.4, -0.2) is 28.3 Å². The molecule has 3 heteroatoms. The van der Waals surface area contributed by atoms with Crippen LogP contribution in [0.15, 0.2) is 0 Å². The lowest BCUT2D eigenvalue weighted by Crippen LogP contribution is -2.35. The number of hydrogen-bond acceptors (Lipinski definition) is 3. The van der Waals surface area contributed by atoms with Crippen LogP contribution in [0.2, 0.25) is 0 Å². The fourth-order valence-corrected chi connectivity index (χ4v) is 3.21. The van der Waals surface area contributed by atoms with Gasteiger partial charge < -0.3 is 10.8 Å². The minimum absolute atomic E-state index is 0.113. The highest BCUT2D eigenvalue weighted by Crippen LogP contribution is 2.29. The Labute approximate surface area is 98.0 Å². The van der Waals surface area contributed by atoms with E-state index < -0.39 is 0 Å². The van der Waals surface area contributed by atoms with E-state index in [4.69, 9.17) is 5.73 Å². The van der Waals surface area contributed by atoms with Crippen molar-refractivity contribution < 1.29 is 5.11 Å². The van der Waals surface area contributed by atoms with Crippen LogP contribution < -0.4 is 5.73 Å². The van der Waals surface area contributed by atoms with Gasteiger partial charge in [0.1, 0.15) is 0 Å². The van der Waals surface area contributed by atoms with Crippen LogP contribution in [0.1, 0.15) is 46.0 Å². The Bertz CT molecular complexity index is 173. The third kappa shape index (κ3) is 6.44. The molecule has 1 atom stereocenters. The molecule has 0 radical (unpaired) electrons. The lowest BCUT2D eigenvalue weighted by molar-refractivity contribution is 0.165. The molecule has 1 aliphatic rings. The molecule has 3 N–H and O–H groups in total. The molecular weight excluding hydrogens is 206 g/mol. The molecule has 0 aliphatic heterocycles. The monoisotopic (exact) mass is 231 g/mol. The number of nitrogens with two attached hydrogens (primary N) is 1. The normalized spacial score (nSPS) is 20.8. The zero-order valence-corrected chi connectivity index (χ0v) is 10.9. The molecule has 1 rings (SSSR count). The first-order chi connectivity index (χ1) is 6.97. The SMILES string of the molecule is CC(C)(N)CSCC(O)CC1CCCC1. The minimum atomic E-state index is -0.125. The fourth-order valence-electron chi connectivity index (χ4n) is 2.16. The Kier molecular flexibility index (Phi) is 5.44. The molecule has 0 spiro atoms. The van der Waals surface area contributed by atoms with Gasteiger partial charge in [-0.05, 0) is 26.2 Å². The Morgan fingerprint density at radius 1 is 1.40 bits per heavy atom. The molecule has 0 aromatic carbocycles. The molecule has 0 aromatic heterocycles. The van der Waals surface area contributed by atoms with Crippen molar-refractivity contribution in [1.82, 2.24) is 0 Å². The van der Waals surface area contributed by atoms with Crippen molar-refractivity contribution in [1.29, 1.82) is 0 Å². The van der Waals surface area contributed by atoms with Gasteiger partial charge in [-0.25, -0.2) is 0 Å². The van der Waals surface area contributed by atoms with Crippen molar-refractivity contribution in [3.05, 3.63) is 0 Å². The maximum atomic E-state index is 9.84. The van der Waals surface area contributed by atoms with Crippen molar-refractivity contribution in [2.75, 3.05) is 11.5 Å². The Morgan fingerprint density at radius 2 is 2.00 bits per heavy atom. The van der Waals surface area contributed by atoms with E-state index in [9.17, 15) is 5.11 Å². The van der Waals surface area contributed by atoms with Gasteiger partial charge in [0, 0.05) is 17.0 Å². The standard InChI is InChI=1S/C12H25NOS/c1-12(2,13)9-15-8-11(14)7-10-5-3-4-6-10/h10-11,14H,3-9,13H2,1-2H3. The van der Waals surface area contributed by atoms with E-state index in [-0.39, 0.29) is 11.6 Å².